The van der Waals surface area contributed by atoms with Gasteiger partial charge < -0.3 is 4.90 Å². The quantitative estimate of drug-likeness (QED) is 0.117. The molecule has 0 aromatic rings. The summed E-state index contributed by atoms with van der Waals surface area (Å²) in [5, 5.41) is 0. The number of nitrogens with zero attached hydrogens (tertiary/aromatic N) is 1. The van der Waals surface area contributed by atoms with Gasteiger partial charge in [-0.05, 0) is 32.1 Å². The summed E-state index contributed by atoms with van der Waals surface area (Å²) in [6.07, 6.45) is 18.9. The van der Waals surface area contributed by atoms with Crippen molar-refractivity contribution < 1.29 is 51.5 Å². The van der Waals surface area contributed by atoms with Crippen LogP contribution in [0.25, 0.3) is 0 Å². The Morgan fingerprint density at radius 3 is 1.56 bits per heavy atom. The van der Waals surface area contributed by atoms with E-state index in [0.29, 0.717) is 25.2 Å². The topological polar surface area (TPSA) is 83.9 Å². The monoisotopic (exact) mass is 514 g/mol. The first-order valence-corrected chi connectivity index (χ1v) is 15.1. The third-order valence-corrected chi connectivity index (χ3v) is 6.74. The van der Waals surface area contributed by atoms with E-state index >= 15 is 0 Å². The fourth-order valence-electron chi connectivity index (χ4n) is 4.14. The second kappa shape index (κ2) is 25.0. The summed E-state index contributed by atoms with van der Waals surface area (Å²) in [7, 11) is -4.39. The average Bonchev–Trinajstić information content (AvgIpc) is 2.76. The Balaban J connectivity index is 0. The van der Waals surface area contributed by atoms with Crippen LogP contribution in [0.5, 0.6) is 0 Å². The van der Waals surface area contributed by atoms with E-state index in [1.165, 1.54) is 25.7 Å². The minimum atomic E-state index is -4.39. The van der Waals surface area contributed by atoms with Gasteiger partial charge in [0, 0.05) is 19.5 Å². The molecule has 0 rings (SSSR count). The van der Waals surface area contributed by atoms with Gasteiger partial charge in [0.2, 0.25) is 5.91 Å². The summed E-state index contributed by atoms with van der Waals surface area (Å²) >= 11 is 0. The van der Waals surface area contributed by atoms with Crippen molar-refractivity contribution >= 4 is 16.3 Å². The third kappa shape index (κ3) is 24.1. The van der Waals surface area contributed by atoms with Crippen LogP contribution in [0.2, 0.25) is 0 Å². The van der Waals surface area contributed by atoms with Gasteiger partial charge in [-0.2, -0.15) is 8.42 Å². The van der Waals surface area contributed by atoms with Crippen molar-refractivity contribution in [3.63, 3.8) is 0 Å². The molecule has 0 spiro atoms. The van der Waals surface area contributed by atoms with E-state index in [4.69, 9.17) is 8.74 Å². The molecular formula is C26H53NNaO5S+. The van der Waals surface area contributed by atoms with Gasteiger partial charge in [-0.1, -0.05) is 104 Å². The van der Waals surface area contributed by atoms with Gasteiger partial charge in [0.05, 0.1) is 6.10 Å². The predicted octanol–water partition coefficient (Wildman–Crippen LogP) is 4.48. The molecule has 1 atom stereocenters. The molecular weight excluding hydrogens is 461 g/mol. The maximum atomic E-state index is 12.5. The molecule has 0 radical (unpaired) electrons. The molecule has 0 bridgehead atoms. The van der Waals surface area contributed by atoms with Crippen LogP contribution in [0.15, 0.2) is 0 Å². The summed E-state index contributed by atoms with van der Waals surface area (Å²) in [5.41, 5.74) is 0. The predicted molar refractivity (Wildman–Crippen MR) is 138 cm³/mol. The van der Waals surface area contributed by atoms with Crippen LogP contribution in [0, 0.1) is 0 Å². The molecule has 0 saturated carbocycles. The Bertz CT molecular complexity index is 551. The first-order chi connectivity index (χ1) is 15.8. The summed E-state index contributed by atoms with van der Waals surface area (Å²) in [6.45, 7) is 8.29. The van der Waals surface area contributed by atoms with Crippen molar-refractivity contribution in [1.29, 1.82) is 0 Å². The average molecular weight is 515 g/mol. The van der Waals surface area contributed by atoms with Crippen LogP contribution in [0.1, 0.15) is 143 Å². The number of rotatable bonds is 24. The molecule has 1 amide bonds. The van der Waals surface area contributed by atoms with Crippen molar-refractivity contribution in [3.8, 4) is 0 Å². The SMILES string of the molecule is CCCCCCCCC(CCCCCCCCC(=O)N(CCCC)CCCC)OS(=O)(=O)O.[Na+]. The van der Waals surface area contributed by atoms with E-state index < -0.39 is 16.5 Å². The van der Waals surface area contributed by atoms with Crippen LogP contribution in [-0.2, 0) is 19.4 Å². The van der Waals surface area contributed by atoms with Crippen molar-refractivity contribution in [2.24, 2.45) is 0 Å². The second-order valence-electron chi connectivity index (χ2n) is 9.45. The molecule has 1 N–H and O–H groups in total. The van der Waals surface area contributed by atoms with Crippen LogP contribution in [0.3, 0.4) is 0 Å². The summed E-state index contributed by atoms with van der Waals surface area (Å²) in [6, 6.07) is 0. The second-order valence-corrected chi connectivity index (χ2v) is 10.5. The molecule has 0 aliphatic heterocycles. The van der Waals surface area contributed by atoms with Gasteiger partial charge in [-0.15, -0.1) is 0 Å². The number of amides is 1. The van der Waals surface area contributed by atoms with Crippen molar-refractivity contribution in [2.45, 2.75) is 149 Å². The molecule has 0 aromatic heterocycles. The standard InChI is InChI=1S/C26H53NO5S.Na/c1-4-7-10-11-14-17-20-25(32-33(29,30)31)21-18-15-12-13-16-19-22-26(28)27(23-8-5-2)24-9-6-3;/h25H,4-24H2,1-3H3,(H,29,30,31);/q;+1. The van der Waals surface area contributed by atoms with Crippen molar-refractivity contribution in [2.75, 3.05) is 13.1 Å². The fourth-order valence-corrected chi connectivity index (χ4v) is 4.67. The summed E-state index contributed by atoms with van der Waals surface area (Å²) in [5.74, 6) is 0.303. The molecule has 0 aliphatic rings. The zero-order chi connectivity index (χ0) is 24.8. The molecule has 0 saturated heterocycles. The number of carbonyl (C=O) groups is 1. The Kier molecular flexibility index (Phi) is 26.8. The number of hydrogen-bond donors (Lipinski definition) is 1. The molecule has 0 heterocycles. The Hall–Kier alpha value is 0.340. The van der Waals surface area contributed by atoms with Crippen molar-refractivity contribution in [3.05, 3.63) is 0 Å². The van der Waals surface area contributed by atoms with Crippen LogP contribution >= 0.6 is 0 Å². The largest absolute Gasteiger partial charge is 1.00 e. The van der Waals surface area contributed by atoms with Gasteiger partial charge in [-0.3, -0.25) is 9.35 Å². The minimum absolute atomic E-state index is 0. The van der Waals surface area contributed by atoms with E-state index in [1.54, 1.807) is 0 Å². The van der Waals surface area contributed by atoms with E-state index in [2.05, 4.69) is 20.8 Å². The molecule has 0 fully saturated rings. The Labute approximate surface area is 233 Å². The van der Waals surface area contributed by atoms with Crippen LogP contribution in [-0.4, -0.2) is 43.0 Å². The number of hydrogen-bond acceptors (Lipinski definition) is 4. The van der Waals surface area contributed by atoms with Gasteiger partial charge in [0.25, 0.3) is 0 Å². The molecule has 34 heavy (non-hydrogen) atoms. The molecule has 198 valence electrons. The van der Waals surface area contributed by atoms with Gasteiger partial charge in [-0.25, -0.2) is 4.18 Å². The van der Waals surface area contributed by atoms with E-state index in [0.717, 1.165) is 90.1 Å². The smallest absolute Gasteiger partial charge is 0.343 e. The molecule has 0 aliphatic carbocycles. The summed E-state index contributed by atoms with van der Waals surface area (Å²) < 4.78 is 36.2. The van der Waals surface area contributed by atoms with Crippen LogP contribution < -0.4 is 29.6 Å². The van der Waals surface area contributed by atoms with Gasteiger partial charge in [0.1, 0.15) is 0 Å². The normalized spacial score (nSPS) is 12.4. The Morgan fingerprint density at radius 2 is 1.12 bits per heavy atom. The number of carbonyl (C=O) groups excluding carboxylic acids is 1. The zero-order valence-electron chi connectivity index (χ0n) is 22.9. The first kappa shape index (κ1) is 36.5. The van der Waals surface area contributed by atoms with E-state index in [1.807, 2.05) is 4.90 Å². The summed E-state index contributed by atoms with van der Waals surface area (Å²) in [4.78, 5) is 14.5. The first-order valence-electron chi connectivity index (χ1n) is 13.8. The molecule has 8 heteroatoms. The van der Waals surface area contributed by atoms with E-state index in [9.17, 15) is 13.2 Å². The molecule has 1 unspecified atom stereocenters. The maximum Gasteiger partial charge on any atom is 1.00 e. The van der Waals surface area contributed by atoms with Gasteiger partial charge in [0.15, 0.2) is 0 Å². The van der Waals surface area contributed by atoms with Crippen molar-refractivity contribution in [1.82, 2.24) is 4.90 Å². The van der Waals surface area contributed by atoms with E-state index in [-0.39, 0.29) is 29.6 Å². The number of unbranched alkanes of at least 4 members (excludes halogenated alkanes) is 12. The fraction of sp³-hybridized carbons (Fsp3) is 0.962. The Morgan fingerprint density at radius 1 is 0.706 bits per heavy atom. The maximum absolute atomic E-state index is 12.5. The minimum Gasteiger partial charge on any atom is -0.343 e. The van der Waals surface area contributed by atoms with Gasteiger partial charge >= 0.3 is 40.0 Å². The molecule has 0 aromatic carbocycles. The van der Waals surface area contributed by atoms with Crippen LogP contribution in [0.4, 0.5) is 0 Å². The molecule has 6 nitrogen and oxygen atoms in total. The zero-order valence-corrected chi connectivity index (χ0v) is 25.7. The third-order valence-electron chi connectivity index (χ3n) is 6.22.